The smallest absolute Gasteiger partial charge is 0.387 e. The van der Waals surface area contributed by atoms with Crippen molar-refractivity contribution in [3.63, 3.8) is 0 Å². The number of methoxy groups -OCH3 is 1. The van der Waals surface area contributed by atoms with Gasteiger partial charge in [-0.3, -0.25) is 4.90 Å². The number of aromatic carboxylic acids is 1. The molecule has 224 valence electrons. The first-order valence-corrected chi connectivity index (χ1v) is 13.6. The van der Waals surface area contributed by atoms with E-state index in [9.17, 15) is 23.1 Å². The first kappa shape index (κ1) is 29.7. The van der Waals surface area contributed by atoms with E-state index in [0.717, 1.165) is 37.6 Å². The molecule has 3 aromatic carbocycles. The summed E-state index contributed by atoms with van der Waals surface area (Å²) in [6, 6.07) is 14.3. The third kappa shape index (κ3) is 6.36. The van der Waals surface area contributed by atoms with E-state index < -0.39 is 18.4 Å². The normalized spacial score (nSPS) is 14.2. The second-order valence-corrected chi connectivity index (χ2v) is 10.2. The average molecular weight is 595 g/mol. The van der Waals surface area contributed by atoms with E-state index in [1.165, 1.54) is 18.2 Å². The Morgan fingerprint density at radius 1 is 1.16 bits per heavy atom. The molecule has 0 atom stereocenters. The van der Waals surface area contributed by atoms with Crippen molar-refractivity contribution in [1.29, 1.82) is 5.26 Å². The molecule has 1 aromatic heterocycles. The lowest BCUT2D eigenvalue weighted by Gasteiger charge is -2.32. The number of hydrogen-bond acceptors (Lipinski definition) is 7. The van der Waals surface area contributed by atoms with Crippen molar-refractivity contribution in [2.45, 2.75) is 38.5 Å². The number of carboxylic acids is 1. The van der Waals surface area contributed by atoms with Gasteiger partial charge >= 0.3 is 12.6 Å². The second kappa shape index (κ2) is 12.6. The van der Waals surface area contributed by atoms with E-state index in [1.807, 2.05) is 18.2 Å². The summed E-state index contributed by atoms with van der Waals surface area (Å²) in [4.78, 5) is 18.3. The number of nitrogens with zero attached hydrogens (tertiary/aromatic N) is 4. The van der Waals surface area contributed by atoms with Gasteiger partial charge in [-0.1, -0.05) is 18.2 Å². The number of benzene rings is 3. The van der Waals surface area contributed by atoms with Gasteiger partial charge in [0.05, 0.1) is 36.4 Å². The summed E-state index contributed by atoms with van der Waals surface area (Å²) in [5, 5.41) is 18.4. The molecular formula is C31H29F3N4O5. The van der Waals surface area contributed by atoms with Crippen molar-refractivity contribution in [2.24, 2.45) is 7.05 Å². The Labute approximate surface area is 245 Å². The molecule has 1 fully saturated rings. The summed E-state index contributed by atoms with van der Waals surface area (Å²) in [5.41, 5.74) is 1.95. The number of ether oxygens (including phenoxy) is 3. The Balaban J connectivity index is 1.28. The molecule has 9 nitrogen and oxygen atoms in total. The van der Waals surface area contributed by atoms with Gasteiger partial charge in [0.25, 0.3) is 0 Å². The maximum atomic E-state index is 14.4. The number of para-hydroxylation sites is 1. The molecular weight excluding hydrogens is 565 g/mol. The molecule has 0 amide bonds. The Kier molecular flexibility index (Phi) is 8.73. The fraction of sp³-hybridized carbons (Fsp3) is 0.323. The zero-order valence-electron chi connectivity index (χ0n) is 23.5. The highest BCUT2D eigenvalue weighted by Gasteiger charge is 2.26. The number of likely N-dealkylation sites (tertiary alicyclic amines) is 1. The van der Waals surface area contributed by atoms with Crippen LogP contribution in [-0.4, -0.2) is 52.3 Å². The van der Waals surface area contributed by atoms with Crippen molar-refractivity contribution in [2.75, 3.05) is 20.2 Å². The zero-order valence-corrected chi connectivity index (χ0v) is 23.5. The van der Waals surface area contributed by atoms with Gasteiger partial charge in [-0.15, -0.1) is 0 Å². The first-order chi connectivity index (χ1) is 20.7. The van der Waals surface area contributed by atoms with Crippen LogP contribution in [0.25, 0.3) is 11.0 Å². The fourth-order valence-electron chi connectivity index (χ4n) is 5.43. The van der Waals surface area contributed by atoms with Crippen LogP contribution in [0.5, 0.6) is 17.2 Å². The number of alkyl halides is 2. The number of nitriles is 1. The van der Waals surface area contributed by atoms with Gasteiger partial charge in [0.2, 0.25) is 0 Å². The van der Waals surface area contributed by atoms with Crippen molar-refractivity contribution < 1.29 is 37.3 Å². The topological polar surface area (TPSA) is 110 Å². The fourth-order valence-corrected chi connectivity index (χ4v) is 5.43. The molecule has 1 N–H and O–H groups in total. The molecule has 0 unspecified atom stereocenters. The number of aromatic nitrogens is 2. The van der Waals surface area contributed by atoms with Gasteiger partial charge in [-0.2, -0.15) is 14.0 Å². The average Bonchev–Trinajstić information content (AvgIpc) is 3.31. The summed E-state index contributed by atoms with van der Waals surface area (Å²) >= 11 is 0. The van der Waals surface area contributed by atoms with Crippen molar-refractivity contribution in [3.8, 4) is 23.3 Å². The minimum absolute atomic E-state index is 0.0220. The Bertz CT molecular complexity index is 1690. The number of aryl methyl sites for hydroxylation is 1. The predicted octanol–water partition coefficient (Wildman–Crippen LogP) is 5.85. The van der Waals surface area contributed by atoms with Crippen LogP contribution < -0.4 is 14.2 Å². The molecule has 43 heavy (non-hydrogen) atoms. The Morgan fingerprint density at radius 2 is 1.93 bits per heavy atom. The van der Waals surface area contributed by atoms with Gasteiger partial charge in [0, 0.05) is 18.2 Å². The number of carboxylic acid groups (broad SMARTS) is 1. The molecule has 0 aliphatic carbocycles. The van der Waals surface area contributed by atoms with Crippen LogP contribution in [0.1, 0.15) is 51.6 Å². The third-order valence-corrected chi connectivity index (χ3v) is 7.68. The van der Waals surface area contributed by atoms with Crippen LogP contribution in [0, 0.1) is 17.1 Å². The minimum Gasteiger partial charge on any atom is -0.493 e. The highest BCUT2D eigenvalue weighted by Crippen LogP contribution is 2.40. The van der Waals surface area contributed by atoms with Gasteiger partial charge in [0.15, 0.2) is 17.2 Å². The molecule has 1 aliphatic rings. The summed E-state index contributed by atoms with van der Waals surface area (Å²) in [6.07, 6.45) is 1.60. The highest BCUT2D eigenvalue weighted by molar-refractivity contribution is 5.95. The van der Waals surface area contributed by atoms with Crippen LogP contribution >= 0.6 is 0 Å². The lowest BCUT2D eigenvalue weighted by molar-refractivity contribution is -0.0489. The van der Waals surface area contributed by atoms with Crippen LogP contribution in [0.15, 0.2) is 48.5 Å². The predicted molar refractivity (Wildman–Crippen MR) is 150 cm³/mol. The number of carbonyl (C=O) groups is 1. The standard InChI is InChI=1S/C31H29F3N4O5/c1-37-24-13-21(30(39)40)14-26(43-31(33)34)28(24)36-27(37)16-38-10-8-19(9-11-38)22-4-3-5-25(29(22)41-2)42-17-20-7-6-18(15-35)12-23(20)32/h3-7,12-14,19,31H,8-11,16-17H2,1-2H3,(H,39,40). The highest BCUT2D eigenvalue weighted by atomic mass is 19.3. The minimum atomic E-state index is -3.12. The van der Waals surface area contributed by atoms with Crippen LogP contribution in [-0.2, 0) is 20.2 Å². The summed E-state index contributed by atoms with van der Waals surface area (Å²) in [7, 11) is 3.28. The monoisotopic (exact) mass is 594 g/mol. The van der Waals surface area contributed by atoms with Gasteiger partial charge in [-0.05, 0) is 62.2 Å². The number of halogens is 3. The maximum absolute atomic E-state index is 14.4. The molecule has 4 aromatic rings. The number of fused-ring (bicyclic) bond motifs is 1. The molecule has 0 radical (unpaired) electrons. The van der Waals surface area contributed by atoms with Crippen molar-refractivity contribution in [3.05, 3.63) is 82.4 Å². The van der Waals surface area contributed by atoms with Gasteiger partial charge in [-0.25, -0.2) is 14.2 Å². The van der Waals surface area contributed by atoms with Gasteiger partial charge in [0.1, 0.15) is 23.8 Å². The quantitative estimate of drug-likeness (QED) is 0.244. The van der Waals surface area contributed by atoms with Crippen LogP contribution in [0.4, 0.5) is 13.2 Å². The third-order valence-electron chi connectivity index (χ3n) is 7.68. The maximum Gasteiger partial charge on any atom is 0.387 e. The van der Waals surface area contributed by atoms with E-state index >= 15 is 0 Å². The molecule has 12 heteroatoms. The first-order valence-electron chi connectivity index (χ1n) is 13.6. The second-order valence-electron chi connectivity index (χ2n) is 10.2. The summed E-state index contributed by atoms with van der Waals surface area (Å²) < 4.78 is 58.4. The van der Waals surface area contributed by atoms with Crippen LogP contribution in [0.3, 0.4) is 0 Å². The van der Waals surface area contributed by atoms with E-state index in [2.05, 4.69) is 14.6 Å². The Morgan fingerprint density at radius 3 is 2.58 bits per heavy atom. The van der Waals surface area contributed by atoms with E-state index in [4.69, 9.17) is 14.7 Å². The largest absolute Gasteiger partial charge is 0.493 e. The van der Waals surface area contributed by atoms with Crippen molar-refractivity contribution in [1.82, 2.24) is 14.5 Å². The summed E-state index contributed by atoms with van der Waals surface area (Å²) in [6.45, 7) is -1.26. The SMILES string of the molecule is COc1c(OCc2ccc(C#N)cc2F)cccc1C1CCN(Cc2nc3c(OC(F)F)cc(C(=O)O)cc3n2C)CC1. The number of rotatable bonds is 10. The van der Waals surface area contributed by atoms with Gasteiger partial charge < -0.3 is 23.9 Å². The molecule has 0 saturated carbocycles. The lowest BCUT2D eigenvalue weighted by atomic mass is 9.88. The van der Waals surface area contributed by atoms with E-state index in [-0.39, 0.29) is 34.9 Å². The van der Waals surface area contributed by atoms with E-state index in [0.29, 0.717) is 34.9 Å². The van der Waals surface area contributed by atoms with Crippen LogP contribution in [0.2, 0.25) is 0 Å². The number of piperidine rings is 1. The molecule has 0 bridgehead atoms. The van der Waals surface area contributed by atoms with Crippen molar-refractivity contribution >= 4 is 17.0 Å². The molecule has 2 heterocycles. The molecule has 0 spiro atoms. The zero-order chi connectivity index (χ0) is 30.7. The Hall–Kier alpha value is -4.76. The number of imidazole rings is 1. The molecule has 5 rings (SSSR count). The van der Waals surface area contributed by atoms with E-state index in [1.54, 1.807) is 30.9 Å². The molecule has 1 aliphatic heterocycles. The number of hydrogen-bond donors (Lipinski definition) is 1. The summed E-state index contributed by atoms with van der Waals surface area (Å²) in [5.74, 6) is -0.190. The lowest BCUT2D eigenvalue weighted by Crippen LogP contribution is -2.33. The molecule has 1 saturated heterocycles.